The Kier molecular flexibility index (Phi) is 2.11. The SMILES string of the molecule is Brc1ccc(-c2onc3c2CNC3)cc1. The van der Waals surface area contributed by atoms with Gasteiger partial charge in [-0.05, 0) is 12.1 Å². The zero-order chi connectivity index (χ0) is 10.3. The highest BCUT2D eigenvalue weighted by Gasteiger charge is 2.21. The molecule has 1 N–H and O–H groups in total. The molecule has 0 saturated carbocycles. The predicted molar refractivity (Wildman–Crippen MR) is 60.2 cm³/mol. The fourth-order valence-electron chi connectivity index (χ4n) is 1.80. The highest BCUT2D eigenvalue weighted by Crippen LogP contribution is 2.29. The van der Waals surface area contributed by atoms with Gasteiger partial charge in [0, 0.05) is 28.7 Å². The van der Waals surface area contributed by atoms with E-state index in [1.807, 2.05) is 24.3 Å². The molecule has 0 fully saturated rings. The lowest BCUT2D eigenvalue weighted by atomic mass is 10.1. The van der Waals surface area contributed by atoms with Crippen LogP contribution in [0.3, 0.4) is 0 Å². The number of rotatable bonds is 1. The summed E-state index contributed by atoms with van der Waals surface area (Å²) in [5.74, 6) is 0.891. The molecule has 1 aromatic carbocycles. The molecule has 15 heavy (non-hydrogen) atoms. The van der Waals surface area contributed by atoms with Gasteiger partial charge in [-0.3, -0.25) is 0 Å². The van der Waals surface area contributed by atoms with Gasteiger partial charge in [-0.2, -0.15) is 0 Å². The maximum atomic E-state index is 5.36. The summed E-state index contributed by atoms with van der Waals surface area (Å²) in [6.45, 7) is 1.67. The lowest BCUT2D eigenvalue weighted by molar-refractivity contribution is 0.417. The summed E-state index contributed by atoms with van der Waals surface area (Å²) in [7, 11) is 0. The summed E-state index contributed by atoms with van der Waals surface area (Å²) in [4.78, 5) is 0. The van der Waals surface area contributed by atoms with E-state index >= 15 is 0 Å². The molecule has 0 spiro atoms. The molecule has 0 atom stereocenters. The van der Waals surface area contributed by atoms with Crippen molar-refractivity contribution in [2.75, 3.05) is 0 Å². The van der Waals surface area contributed by atoms with E-state index in [-0.39, 0.29) is 0 Å². The number of hydrogen-bond donors (Lipinski definition) is 1. The Balaban J connectivity index is 2.09. The molecule has 2 aromatic rings. The third-order valence-electron chi connectivity index (χ3n) is 2.57. The number of fused-ring (bicyclic) bond motifs is 1. The number of nitrogens with one attached hydrogen (secondary N) is 1. The van der Waals surface area contributed by atoms with Gasteiger partial charge in [-0.1, -0.05) is 33.2 Å². The molecule has 1 aromatic heterocycles. The van der Waals surface area contributed by atoms with Crippen LogP contribution < -0.4 is 5.32 Å². The topological polar surface area (TPSA) is 38.1 Å². The first-order valence-corrected chi connectivity index (χ1v) is 5.58. The van der Waals surface area contributed by atoms with Crippen LogP contribution in [0.1, 0.15) is 11.3 Å². The first-order valence-electron chi connectivity index (χ1n) is 4.78. The summed E-state index contributed by atoms with van der Waals surface area (Å²) in [6, 6.07) is 8.08. The first-order chi connectivity index (χ1) is 7.34. The smallest absolute Gasteiger partial charge is 0.171 e. The quantitative estimate of drug-likeness (QED) is 0.861. The predicted octanol–water partition coefficient (Wildman–Crippen LogP) is 2.71. The Morgan fingerprint density at radius 3 is 2.80 bits per heavy atom. The summed E-state index contributed by atoms with van der Waals surface area (Å²) < 4.78 is 6.43. The molecule has 4 heteroatoms. The van der Waals surface area contributed by atoms with E-state index in [4.69, 9.17) is 4.52 Å². The Morgan fingerprint density at radius 2 is 2.00 bits per heavy atom. The molecule has 0 bridgehead atoms. The summed E-state index contributed by atoms with van der Waals surface area (Å²) in [6.07, 6.45) is 0. The minimum atomic E-state index is 0.815. The maximum Gasteiger partial charge on any atom is 0.171 e. The second-order valence-electron chi connectivity index (χ2n) is 3.55. The number of aromatic nitrogens is 1. The Hall–Kier alpha value is -1.13. The molecule has 76 valence electrons. The molecule has 3 nitrogen and oxygen atoms in total. The van der Waals surface area contributed by atoms with Crippen molar-refractivity contribution in [3.05, 3.63) is 40.0 Å². The second-order valence-corrected chi connectivity index (χ2v) is 4.46. The molecule has 3 rings (SSSR count). The number of halogens is 1. The standard InChI is InChI=1S/C11H9BrN2O/c12-8-3-1-7(2-4-8)11-9-5-13-6-10(9)14-15-11/h1-4,13H,5-6H2. The molecule has 0 aliphatic carbocycles. The van der Waals surface area contributed by atoms with Crippen LogP contribution in [0.25, 0.3) is 11.3 Å². The third kappa shape index (κ3) is 1.50. The first kappa shape index (κ1) is 9.12. The van der Waals surface area contributed by atoms with Crippen molar-refractivity contribution >= 4 is 15.9 Å². The van der Waals surface area contributed by atoms with Gasteiger partial charge < -0.3 is 9.84 Å². The lowest BCUT2D eigenvalue weighted by Crippen LogP contribution is -2.01. The van der Waals surface area contributed by atoms with Crippen LogP contribution in [0.4, 0.5) is 0 Å². The average molecular weight is 265 g/mol. The van der Waals surface area contributed by atoms with Crippen molar-refractivity contribution in [2.24, 2.45) is 0 Å². The third-order valence-corrected chi connectivity index (χ3v) is 3.10. The Morgan fingerprint density at radius 1 is 1.20 bits per heavy atom. The van der Waals surface area contributed by atoms with Crippen LogP contribution in [0, 0.1) is 0 Å². The highest BCUT2D eigenvalue weighted by atomic mass is 79.9. The van der Waals surface area contributed by atoms with Gasteiger partial charge in [0.15, 0.2) is 5.76 Å². The van der Waals surface area contributed by atoms with Gasteiger partial charge in [-0.25, -0.2) is 0 Å². The number of nitrogens with zero attached hydrogens (tertiary/aromatic N) is 1. The molecule has 1 aliphatic rings. The lowest BCUT2D eigenvalue weighted by Gasteiger charge is -1.98. The van der Waals surface area contributed by atoms with Crippen molar-refractivity contribution in [1.29, 1.82) is 0 Å². The van der Waals surface area contributed by atoms with Crippen molar-refractivity contribution in [1.82, 2.24) is 10.5 Å². The largest absolute Gasteiger partial charge is 0.356 e. The second kappa shape index (κ2) is 3.47. The van der Waals surface area contributed by atoms with E-state index in [1.54, 1.807) is 0 Å². The van der Waals surface area contributed by atoms with Gasteiger partial charge in [0.2, 0.25) is 0 Å². The van der Waals surface area contributed by atoms with Crippen LogP contribution >= 0.6 is 15.9 Å². The van der Waals surface area contributed by atoms with Crippen molar-refractivity contribution in [3.8, 4) is 11.3 Å². The van der Waals surface area contributed by atoms with Gasteiger partial charge in [0.25, 0.3) is 0 Å². The van der Waals surface area contributed by atoms with Crippen molar-refractivity contribution in [3.63, 3.8) is 0 Å². The average Bonchev–Trinajstić information content (AvgIpc) is 2.80. The normalized spacial score (nSPS) is 14.2. The zero-order valence-electron chi connectivity index (χ0n) is 7.96. The minimum Gasteiger partial charge on any atom is -0.356 e. The molecule has 0 saturated heterocycles. The monoisotopic (exact) mass is 264 g/mol. The Labute approximate surface area is 95.6 Å². The van der Waals surface area contributed by atoms with Gasteiger partial charge in [0.05, 0.1) is 0 Å². The van der Waals surface area contributed by atoms with E-state index in [0.717, 1.165) is 34.6 Å². The summed E-state index contributed by atoms with van der Waals surface area (Å²) in [5, 5.41) is 7.30. The molecule has 0 unspecified atom stereocenters. The molecule has 1 aliphatic heterocycles. The van der Waals surface area contributed by atoms with Crippen LogP contribution in [0.5, 0.6) is 0 Å². The van der Waals surface area contributed by atoms with Gasteiger partial charge >= 0.3 is 0 Å². The number of hydrogen-bond acceptors (Lipinski definition) is 3. The van der Waals surface area contributed by atoms with Crippen LogP contribution in [0.15, 0.2) is 33.3 Å². The fraction of sp³-hybridized carbons (Fsp3) is 0.182. The molecule has 0 amide bonds. The number of benzene rings is 1. The summed E-state index contributed by atoms with van der Waals surface area (Å²) in [5.41, 5.74) is 3.31. The summed E-state index contributed by atoms with van der Waals surface area (Å²) >= 11 is 3.41. The van der Waals surface area contributed by atoms with Crippen LogP contribution in [0.2, 0.25) is 0 Å². The Bertz CT molecular complexity index is 490. The van der Waals surface area contributed by atoms with Gasteiger partial charge in [-0.15, -0.1) is 0 Å². The molecule has 2 heterocycles. The fourth-order valence-corrected chi connectivity index (χ4v) is 2.06. The molecular formula is C11H9BrN2O. The maximum absolute atomic E-state index is 5.36. The van der Waals surface area contributed by atoms with Gasteiger partial charge in [0.1, 0.15) is 5.69 Å². The van der Waals surface area contributed by atoms with E-state index in [0.29, 0.717) is 0 Å². The minimum absolute atomic E-state index is 0.815. The van der Waals surface area contributed by atoms with E-state index in [1.165, 1.54) is 5.56 Å². The van der Waals surface area contributed by atoms with E-state index in [2.05, 4.69) is 26.4 Å². The zero-order valence-corrected chi connectivity index (χ0v) is 9.54. The van der Waals surface area contributed by atoms with Crippen molar-refractivity contribution < 1.29 is 4.52 Å². The molecular weight excluding hydrogens is 256 g/mol. The molecule has 0 radical (unpaired) electrons. The van der Waals surface area contributed by atoms with Crippen LogP contribution in [-0.2, 0) is 13.1 Å². The van der Waals surface area contributed by atoms with E-state index in [9.17, 15) is 0 Å². The highest BCUT2D eigenvalue weighted by molar-refractivity contribution is 9.10. The van der Waals surface area contributed by atoms with Crippen molar-refractivity contribution in [2.45, 2.75) is 13.1 Å². The van der Waals surface area contributed by atoms with E-state index < -0.39 is 0 Å². The van der Waals surface area contributed by atoms with Crippen LogP contribution in [-0.4, -0.2) is 5.16 Å².